The zero-order valence-corrected chi connectivity index (χ0v) is 12.2. The summed E-state index contributed by atoms with van der Waals surface area (Å²) < 4.78 is 6.93. The van der Waals surface area contributed by atoms with Crippen molar-refractivity contribution in [1.82, 2.24) is 19.5 Å². The van der Waals surface area contributed by atoms with Gasteiger partial charge in [-0.25, -0.2) is 4.98 Å². The quantitative estimate of drug-likeness (QED) is 0.341. The first kappa shape index (κ1) is 15.8. The molecule has 23 heavy (non-hydrogen) atoms. The zero-order valence-electron chi connectivity index (χ0n) is 12.2. The highest BCUT2D eigenvalue weighted by Crippen LogP contribution is 2.32. The van der Waals surface area contributed by atoms with E-state index in [0.29, 0.717) is 24.3 Å². The van der Waals surface area contributed by atoms with Crippen LogP contribution in [-0.2, 0) is 4.74 Å². The van der Waals surface area contributed by atoms with Crippen molar-refractivity contribution in [2.75, 3.05) is 30.7 Å². The summed E-state index contributed by atoms with van der Waals surface area (Å²) in [6, 6.07) is 0. The van der Waals surface area contributed by atoms with Crippen LogP contribution in [0, 0.1) is 0 Å². The molecule has 0 saturated carbocycles. The van der Waals surface area contributed by atoms with E-state index >= 15 is 0 Å². The summed E-state index contributed by atoms with van der Waals surface area (Å²) >= 11 is 0. The van der Waals surface area contributed by atoms with Gasteiger partial charge in [0.25, 0.3) is 0 Å². The second kappa shape index (κ2) is 6.22. The Morgan fingerprint density at radius 3 is 2.74 bits per heavy atom. The SMILES string of the molecule is NCCNc1nc(N)c2ncn([C@@H]3O[C@H](CO)[C@@H](O)[C@H]3O)c2n1. The van der Waals surface area contributed by atoms with Crippen LogP contribution in [0.15, 0.2) is 6.33 Å². The molecule has 1 fully saturated rings. The summed E-state index contributed by atoms with van der Waals surface area (Å²) in [7, 11) is 0. The third-order valence-corrected chi connectivity index (χ3v) is 3.67. The third-order valence-electron chi connectivity index (χ3n) is 3.67. The van der Waals surface area contributed by atoms with Crippen molar-refractivity contribution in [2.45, 2.75) is 24.5 Å². The topological polar surface area (TPSA) is 178 Å². The van der Waals surface area contributed by atoms with E-state index in [4.69, 9.17) is 16.2 Å². The molecule has 0 amide bonds. The van der Waals surface area contributed by atoms with Crippen molar-refractivity contribution in [3.63, 3.8) is 0 Å². The predicted molar refractivity (Wildman–Crippen MR) is 80.3 cm³/mol. The average Bonchev–Trinajstić information content (AvgIpc) is 3.08. The van der Waals surface area contributed by atoms with Crippen LogP contribution in [0.4, 0.5) is 11.8 Å². The molecule has 2 aromatic heterocycles. The summed E-state index contributed by atoms with van der Waals surface area (Å²) in [6.45, 7) is 0.449. The first-order valence-electron chi connectivity index (χ1n) is 7.13. The van der Waals surface area contributed by atoms with E-state index in [1.807, 2.05) is 0 Å². The molecule has 11 heteroatoms. The van der Waals surface area contributed by atoms with Crippen LogP contribution in [-0.4, -0.2) is 72.8 Å². The van der Waals surface area contributed by atoms with Crippen molar-refractivity contribution < 1.29 is 20.1 Å². The van der Waals surface area contributed by atoms with Gasteiger partial charge in [0.2, 0.25) is 5.95 Å². The van der Waals surface area contributed by atoms with Crippen molar-refractivity contribution in [2.24, 2.45) is 5.73 Å². The number of nitrogens with zero attached hydrogens (tertiary/aromatic N) is 4. The highest BCUT2D eigenvalue weighted by atomic mass is 16.6. The summed E-state index contributed by atoms with van der Waals surface area (Å²) in [5.74, 6) is 0.439. The lowest BCUT2D eigenvalue weighted by atomic mass is 10.1. The van der Waals surface area contributed by atoms with E-state index in [0.717, 1.165) is 0 Å². The first-order valence-corrected chi connectivity index (χ1v) is 7.13. The number of nitrogens with one attached hydrogen (secondary N) is 1. The van der Waals surface area contributed by atoms with Gasteiger partial charge in [0.15, 0.2) is 17.7 Å². The second-order valence-corrected chi connectivity index (χ2v) is 5.20. The minimum Gasteiger partial charge on any atom is -0.394 e. The molecule has 4 atom stereocenters. The predicted octanol–water partition coefficient (Wildman–Crippen LogP) is -2.61. The number of hydrogen-bond acceptors (Lipinski definition) is 10. The van der Waals surface area contributed by atoms with Gasteiger partial charge in [0.1, 0.15) is 23.8 Å². The molecule has 8 N–H and O–H groups in total. The highest BCUT2D eigenvalue weighted by Gasteiger charge is 2.44. The van der Waals surface area contributed by atoms with Crippen LogP contribution in [0.5, 0.6) is 0 Å². The standard InChI is InChI=1S/C12H19N7O4/c13-1-2-15-12-17-9(14)6-10(18-12)19(4-16-6)11-8(22)7(21)5(3-20)23-11/h4-5,7-8,11,20-22H,1-3,13H2,(H3,14,15,17,18)/t5-,7-,8-,11-/m1/s1. The molecule has 1 saturated heterocycles. The number of aliphatic hydroxyl groups is 3. The van der Waals surface area contributed by atoms with Crippen LogP contribution in [0.1, 0.15) is 6.23 Å². The fourth-order valence-corrected chi connectivity index (χ4v) is 2.50. The number of aliphatic hydroxyl groups excluding tert-OH is 3. The summed E-state index contributed by atoms with van der Waals surface area (Å²) in [6.07, 6.45) is -2.88. The Labute approximate surface area is 130 Å². The monoisotopic (exact) mass is 325 g/mol. The Kier molecular flexibility index (Phi) is 4.28. The lowest BCUT2D eigenvalue weighted by Crippen LogP contribution is -2.33. The number of rotatable bonds is 5. The van der Waals surface area contributed by atoms with Crippen molar-refractivity contribution >= 4 is 22.9 Å². The molecule has 3 rings (SSSR count). The maximum atomic E-state index is 10.1. The molecule has 0 radical (unpaired) electrons. The average molecular weight is 325 g/mol. The molecule has 0 unspecified atom stereocenters. The molecule has 2 aromatic rings. The van der Waals surface area contributed by atoms with Gasteiger partial charge in [0.05, 0.1) is 12.9 Å². The van der Waals surface area contributed by atoms with E-state index in [9.17, 15) is 15.3 Å². The van der Waals surface area contributed by atoms with Crippen LogP contribution >= 0.6 is 0 Å². The number of nitrogens with two attached hydrogens (primary N) is 2. The Morgan fingerprint density at radius 1 is 1.30 bits per heavy atom. The molecule has 3 heterocycles. The molecular formula is C12H19N7O4. The van der Waals surface area contributed by atoms with Crippen LogP contribution < -0.4 is 16.8 Å². The lowest BCUT2D eigenvalue weighted by molar-refractivity contribution is -0.0511. The molecule has 11 nitrogen and oxygen atoms in total. The molecular weight excluding hydrogens is 306 g/mol. The van der Waals surface area contributed by atoms with Crippen LogP contribution in [0.3, 0.4) is 0 Å². The largest absolute Gasteiger partial charge is 0.394 e. The van der Waals surface area contributed by atoms with Gasteiger partial charge in [0, 0.05) is 13.1 Å². The van der Waals surface area contributed by atoms with Gasteiger partial charge in [-0.1, -0.05) is 0 Å². The van der Waals surface area contributed by atoms with Crippen molar-refractivity contribution in [3.05, 3.63) is 6.33 Å². The summed E-state index contributed by atoms with van der Waals surface area (Å²) in [5.41, 5.74) is 12.0. The number of nitrogen functional groups attached to an aromatic ring is 1. The summed E-state index contributed by atoms with van der Waals surface area (Å²) in [4.78, 5) is 12.5. The maximum Gasteiger partial charge on any atom is 0.226 e. The van der Waals surface area contributed by atoms with E-state index in [1.54, 1.807) is 0 Å². The van der Waals surface area contributed by atoms with Gasteiger partial charge in [-0.2, -0.15) is 9.97 Å². The number of ether oxygens (including phenoxy) is 1. The van der Waals surface area contributed by atoms with Crippen LogP contribution in [0.2, 0.25) is 0 Å². The second-order valence-electron chi connectivity index (χ2n) is 5.20. The van der Waals surface area contributed by atoms with E-state index < -0.39 is 31.1 Å². The normalized spacial score (nSPS) is 27.7. The van der Waals surface area contributed by atoms with Gasteiger partial charge < -0.3 is 36.8 Å². The molecule has 1 aliphatic rings. The van der Waals surface area contributed by atoms with Crippen molar-refractivity contribution in [3.8, 4) is 0 Å². The molecule has 0 aliphatic carbocycles. The Balaban J connectivity index is 1.99. The molecule has 0 bridgehead atoms. The molecule has 1 aliphatic heterocycles. The summed E-state index contributed by atoms with van der Waals surface area (Å²) in [5, 5.41) is 32.1. The lowest BCUT2D eigenvalue weighted by Gasteiger charge is -2.16. The van der Waals surface area contributed by atoms with Gasteiger partial charge in [-0.05, 0) is 0 Å². The minimum absolute atomic E-state index is 0.167. The first-order chi connectivity index (χ1) is 11.1. The van der Waals surface area contributed by atoms with Gasteiger partial charge >= 0.3 is 0 Å². The molecule has 126 valence electrons. The highest BCUT2D eigenvalue weighted by molar-refractivity contribution is 5.82. The van der Waals surface area contributed by atoms with Crippen molar-refractivity contribution in [1.29, 1.82) is 0 Å². The minimum atomic E-state index is -1.24. The Hall–Kier alpha value is -2.05. The van der Waals surface area contributed by atoms with E-state index in [-0.39, 0.29) is 11.8 Å². The number of hydrogen-bond donors (Lipinski definition) is 6. The Bertz CT molecular complexity index is 693. The fraction of sp³-hybridized carbons (Fsp3) is 0.583. The Morgan fingerprint density at radius 2 is 2.09 bits per heavy atom. The van der Waals surface area contributed by atoms with Crippen LogP contribution in [0.25, 0.3) is 11.2 Å². The number of aromatic nitrogens is 4. The number of anilines is 2. The smallest absolute Gasteiger partial charge is 0.226 e. The van der Waals surface area contributed by atoms with Gasteiger partial charge in [-0.3, -0.25) is 4.57 Å². The molecule has 0 aromatic carbocycles. The number of fused-ring (bicyclic) bond motifs is 1. The fourth-order valence-electron chi connectivity index (χ4n) is 2.50. The molecule has 0 spiro atoms. The number of imidazole rings is 1. The maximum absolute atomic E-state index is 10.1. The zero-order chi connectivity index (χ0) is 16.6. The van der Waals surface area contributed by atoms with E-state index in [1.165, 1.54) is 10.9 Å². The van der Waals surface area contributed by atoms with Gasteiger partial charge in [-0.15, -0.1) is 0 Å². The van der Waals surface area contributed by atoms with E-state index in [2.05, 4.69) is 20.3 Å². The third kappa shape index (κ3) is 2.68.